The lowest BCUT2D eigenvalue weighted by molar-refractivity contribution is 0.214. The zero-order valence-electron chi connectivity index (χ0n) is 12.2. The SMILES string of the molecule is COc1ccccc1CC(C)N(C)CC(N)CCO. The van der Waals surface area contributed by atoms with E-state index in [1.54, 1.807) is 7.11 Å². The van der Waals surface area contributed by atoms with Gasteiger partial charge < -0.3 is 20.5 Å². The number of benzene rings is 1. The molecule has 0 aliphatic heterocycles. The Morgan fingerprint density at radius 1 is 1.37 bits per heavy atom. The minimum absolute atomic E-state index is 0.0233. The third-order valence-corrected chi connectivity index (χ3v) is 3.48. The fourth-order valence-corrected chi connectivity index (χ4v) is 2.15. The monoisotopic (exact) mass is 266 g/mol. The number of likely N-dealkylation sites (N-methyl/N-ethyl adjacent to an activating group) is 1. The van der Waals surface area contributed by atoms with Crippen LogP contribution in [0.25, 0.3) is 0 Å². The topological polar surface area (TPSA) is 58.7 Å². The maximum atomic E-state index is 8.88. The van der Waals surface area contributed by atoms with Crippen molar-refractivity contribution in [2.24, 2.45) is 5.73 Å². The normalized spacial score (nSPS) is 14.4. The highest BCUT2D eigenvalue weighted by molar-refractivity contribution is 5.33. The Hall–Kier alpha value is -1.10. The number of nitrogens with zero attached hydrogens (tertiary/aromatic N) is 1. The summed E-state index contributed by atoms with van der Waals surface area (Å²) in [6.07, 6.45) is 1.57. The van der Waals surface area contributed by atoms with Gasteiger partial charge in [-0.2, -0.15) is 0 Å². The van der Waals surface area contributed by atoms with Crippen molar-refractivity contribution in [2.45, 2.75) is 31.8 Å². The van der Waals surface area contributed by atoms with E-state index in [1.165, 1.54) is 5.56 Å². The smallest absolute Gasteiger partial charge is 0.122 e. The Morgan fingerprint density at radius 2 is 2.05 bits per heavy atom. The average molecular weight is 266 g/mol. The maximum Gasteiger partial charge on any atom is 0.122 e. The molecule has 108 valence electrons. The van der Waals surface area contributed by atoms with Crippen molar-refractivity contribution in [1.29, 1.82) is 0 Å². The van der Waals surface area contributed by atoms with E-state index in [-0.39, 0.29) is 12.6 Å². The van der Waals surface area contributed by atoms with Gasteiger partial charge in [0.15, 0.2) is 0 Å². The van der Waals surface area contributed by atoms with Gasteiger partial charge in [-0.1, -0.05) is 18.2 Å². The molecule has 1 aromatic carbocycles. The van der Waals surface area contributed by atoms with Gasteiger partial charge in [0, 0.05) is 25.2 Å². The highest BCUT2D eigenvalue weighted by Crippen LogP contribution is 2.20. The lowest BCUT2D eigenvalue weighted by Gasteiger charge is -2.27. The zero-order chi connectivity index (χ0) is 14.3. The molecular formula is C15H26N2O2. The van der Waals surface area contributed by atoms with Crippen LogP contribution in [0, 0.1) is 0 Å². The lowest BCUT2D eigenvalue weighted by atomic mass is 10.0. The molecule has 0 aromatic heterocycles. The number of aliphatic hydroxyl groups excluding tert-OH is 1. The first-order valence-electron chi connectivity index (χ1n) is 6.77. The minimum atomic E-state index is 0.0233. The van der Waals surface area contributed by atoms with Gasteiger partial charge in [-0.05, 0) is 38.4 Å². The van der Waals surface area contributed by atoms with Crippen LogP contribution in [0.4, 0.5) is 0 Å². The Balaban J connectivity index is 2.55. The Morgan fingerprint density at radius 3 is 2.68 bits per heavy atom. The average Bonchev–Trinajstić information content (AvgIpc) is 2.39. The summed E-state index contributed by atoms with van der Waals surface area (Å²) in [6.45, 7) is 3.12. The lowest BCUT2D eigenvalue weighted by Crippen LogP contribution is -2.41. The molecular weight excluding hydrogens is 240 g/mol. The number of hydrogen-bond acceptors (Lipinski definition) is 4. The van der Waals surface area contributed by atoms with E-state index in [0.717, 1.165) is 18.7 Å². The molecule has 19 heavy (non-hydrogen) atoms. The molecule has 2 unspecified atom stereocenters. The maximum absolute atomic E-state index is 8.88. The molecule has 0 saturated carbocycles. The molecule has 1 rings (SSSR count). The van der Waals surface area contributed by atoms with E-state index >= 15 is 0 Å². The van der Waals surface area contributed by atoms with Crippen molar-refractivity contribution in [3.8, 4) is 5.75 Å². The van der Waals surface area contributed by atoms with Gasteiger partial charge in [0.05, 0.1) is 7.11 Å². The first kappa shape index (κ1) is 16.0. The molecule has 4 nitrogen and oxygen atoms in total. The predicted molar refractivity (Wildman–Crippen MR) is 78.5 cm³/mol. The number of ether oxygens (including phenoxy) is 1. The molecule has 1 aromatic rings. The summed E-state index contributed by atoms with van der Waals surface area (Å²) in [5.74, 6) is 0.933. The van der Waals surface area contributed by atoms with Crippen LogP contribution in [-0.4, -0.2) is 49.4 Å². The first-order valence-corrected chi connectivity index (χ1v) is 6.77. The van der Waals surface area contributed by atoms with Crippen molar-refractivity contribution >= 4 is 0 Å². The van der Waals surface area contributed by atoms with Crippen LogP contribution < -0.4 is 10.5 Å². The molecule has 3 N–H and O–H groups in total. The minimum Gasteiger partial charge on any atom is -0.496 e. The van der Waals surface area contributed by atoms with Crippen LogP contribution in [0.15, 0.2) is 24.3 Å². The third-order valence-electron chi connectivity index (χ3n) is 3.48. The van der Waals surface area contributed by atoms with Gasteiger partial charge >= 0.3 is 0 Å². The van der Waals surface area contributed by atoms with Crippen LogP contribution in [0.1, 0.15) is 18.9 Å². The summed E-state index contributed by atoms with van der Waals surface area (Å²) < 4.78 is 5.37. The molecule has 0 aliphatic carbocycles. The molecule has 0 bridgehead atoms. The van der Waals surface area contributed by atoms with E-state index in [9.17, 15) is 0 Å². The molecule has 0 amide bonds. The molecule has 0 aliphatic rings. The first-order chi connectivity index (χ1) is 9.08. The zero-order valence-corrected chi connectivity index (χ0v) is 12.2. The van der Waals surface area contributed by atoms with E-state index in [0.29, 0.717) is 12.5 Å². The molecule has 4 heteroatoms. The van der Waals surface area contributed by atoms with Gasteiger partial charge in [-0.3, -0.25) is 0 Å². The molecule has 0 heterocycles. The van der Waals surface area contributed by atoms with E-state index in [4.69, 9.17) is 15.6 Å². The van der Waals surface area contributed by atoms with Gasteiger partial charge in [-0.15, -0.1) is 0 Å². The summed E-state index contributed by atoms with van der Waals surface area (Å²) >= 11 is 0. The number of aliphatic hydroxyl groups is 1. The van der Waals surface area contributed by atoms with Crippen LogP contribution in [0.2, 0.25) is 0 Å². The highest BCUT2D eigenvalue weighted by atomic mass is 16.5. The summed E-state index contributed by atoms with van der Waals surface area (Å²) in [5, 5.41) is 8.88. The molecule has 2 atom stereocenters. The number of para-hydroxylation sites is 1. The van der Waals surface area contributed by atoms with Crippen LogP contribution in [0.3, 0.4) is 0 Å². The van der Waals surface area contributed by atoms with Gasteiger partial charge in [0.25, 0.3) is 0 Å². The number of nitrogens with two attached hydrogens (primary N) is 1. The largest absolute Gasteiger partial charge is 0.496 e. The fraction of sp³-hybridized carbons (Fsp3) is 0.600. The van der Waals surface area contributed by atoms with E-state index in [1.807, 2.05) is 18.2 Å². The second-order valence-corrected chi connectivity index (χ2v) is 5.08. The Labute approximate surface area is 116 Å². The van der Waals surface area contributed by atoms with Crippen molar-refractivity contribution < 1.29 is 9.84 Å². The van der Waals surface area contributed by atoms with Crippen molar-refractivity contribution in [2.75, 3.05) is 27.3 Å². The summed E-state index contributed by atoms with van der Waals surface area (Å²) in [6, 6.07) is 8.49. The van der Waals surface area contributed by atoms with Crippen LogP contribution in [0.5, 0.6) is 5.75 Å². The van der Waals surface area contributed by atoms with Crippen LogP contribution >= 0.6 is 0 Å². The summed E-state index contributed by atoms with van der Waals surface area (Å²) in [5.41, 5.74) is 7.15. The summed E-state index contributed by atoms with van der Waals surface area (Å²) in [4.78, 5) is 2.23. The van der Waals surface area contributed by atoms with Gasteiger partial charge in [-0.25, -0.2) is 0 Å². The van der Waals surface area contributed by atoms with Crippen LogP contribution in [-0.2, 0) is 6.42 Å². The number of methoxy groups -OCH3 is 1. The number of hydrogen-bond donors (Lipinski definition) is 2. The fourth-order valence-electron chi connectivity index (χ4n) is 2.15. The Kier molecular flexibility index (Phi) is 6.84. The third kappa shape index (κ3) is 5.19. The van der Waals surface area contributed by atoms with Gasteiger partial charge in [0.1, 0.15) is 5.75 Å². The standard InChI is InChI=1S/C15H26N2O2/c1-12(17(2)11-14(16)8-9-18)10-13-6-4-5-7-15(13)19-3/h4-7,12,14,18H,8-11,16H2,1-3H3. The highest BCUT2D eigenvalue weighted by Gasteiger charge is 2.14. The van der Waals surface area contributed by atoms with Crippen molar-refractivity contribution in [3.05, 3.63) is 29.8 Å². The second kappa shape index (κ2) is 8.15. The number of rotatable bonds is 8. The Bertz CT molecular complexity index is 371. The molecule has 0 spiro atoms. The summed E-state index contributed by atoms with van der Waals surface area (Å²) in [7, 11) is 3.77. The van der Waals surface area contributed by atoms with E-state index in [2.05, 4.69) is 24.9 Å². The van der Waals surface area contributed by atoms with Gasteiger partial charge in [0.2, 0.25) is 0 Å². The quantitative estimate of drug-likeness (QED) is 0.744. The van der Waals surface area contributed by atoms with Crippen molar-refractivity contribution in [1.82, 2.24) is 4.90 Å². The predicted octanol–water partition coefficient (Wildman–Crippen LogP) is 1.27. The second-order valence-electron chi connectivity index (χ2n) is 5.08. The molecule has 0 saturated heterocycles. The van der Waals surface area contributed by atoms with Crippen molar-refractivity contribution in [3.63, 3.8) is 0 Å². The molecule has 0 radical (unpaired) electrons. The molecule has 0 fully saturated rings. The van der Waals surface area contributed by atoms with E-state index < -0.39 is 0 Å².